The van der Waals surface area contributed by atoms with Gasteiger partial charge in [-0.15, -0.1) is 0 Å². The third-order valence-electron chi connectivity index (χ3n) is 5.48. The Morgan fingerprint density at radius 3 is 2.70 bits per heavy atom. The van der Waals surface area contributed by atoms with E-state index in [1.165, 1.54) is 31.2 Å². The van der Waals surface area contributed by atoms with Gasteiger partial charge in [-0.2, -0.15) is 0 Å². The molecule has 3 rings (SSSR count). The molecule has 1 aromatic heterocycles. The van der Waals surface area contributed by atoms with Gasteiger partial charge in [0.1, 0.15) is 0 Å². The molecular weight excluding hydrogens is 286 g/mol. The number of hydrogen-bond donors (Lipinski definition) is 2. The molecule has 2 saturated heterocycles. The van der Waals surface area contributed by atoms with Crippen LogP contribution in [0.25, 0.3) is 0 Å². The average molecular weight is 315 g/mol. The SMILES string of the molecule is CC(C)C(CNC(=O)CC1CC2CCC(C1)N2)c1cccnc1. The number of pyridine rings is 1. The van der Waals surface area contributed by atoms with E-state index < -0.39 is 0 Å². The van der Waals surface area contributed by atoms with Gasteiger partial charge < -0.3 is 10.6 Å². The van der Waals surface area contributed by atoms with Gasteiger partial charge in [-0.3, -0.25) is 9.78 Å². The molecule has 2 aliphatic rings. The van der Waals surface area contributed by atoms with Crippen LogP contribution in [0.1, 0.15) is 57.4 Å². The molecule has 3 atom stereocenters. The molecule has 23 heavy (non-hydrogen) atoms. The molecule has 0 radical (unpaired) electrons. The highest BCUT2D eigenvalue weighted by molar-refractivity contribution is 5.76. The summed E-state index contributed by atoms with van der Waals surface area (Å²) in [5, 5.41) is 6.81. The van der Waals surface area contributed by atoms with Gasteiger partial charge in [-0.1, -0.05) is 19.9 Å². The number of fused-ring (bicyclic) bond motifs is 2. The number of hydrogen-bond acceptors (Lipinski definition) is 3. The summed E-state index contributed by atoms with van der Waals surface area (Å²) in [5.74, 6) is 1.58. The Kier molecular flexibility index (Phi) is 5.31. The van der Waals surface area contributed by atoms with E-state index in [4.69, 9.17) is 0 Å². The molecule has 3 unspecified atom stereocenters. The van der Waals surface area contributed by atoms with Crippen molar-refractivity contribution in [3.63, 3.8) is 0 Å². The topological polar surface area (TPSA) is 54.0 Å². The van der Waals surface area contributed by atoms with Crippen molar-refractivity contribution in [2.45, 2.75) is 64.0 Å². The minimum Gasteiger partial charge on any atom is -0.355 e. The van der Waals surface area contributed by atoms with Crippen molar-refractivity contribution in [1.29, 1.82) is 0 Å². The van der Waals surface area contributed by atoms with Gasteiger partial charge in [0.15, 0.2) is 0 Å². The number of nitrogens with one attached hydrogen (secondary N) is 2. The Bertz CT molecular complexity index is 505. The first-order valence-corrected chi connectivity index (χ1v) is 9.04. The number of carbonyl (C=O) groups excluding carboxylic acids is 1. The number of carbonyl (C=O) groups is 1. The zero-order chi connectivity index (χ0) is 16.2. The summed E-state index contributed by atoms with van der Waals surface area (Å²) in [7, 11) is 0. The van der Waals surface area contributed by atoms with Crippen molar-refractivity contribution < 1.29 is 4.79 Å². The Labute approximate surface area is 139 Å². The third kappa shape index (κ3) is 4.31. The summed E-state index contributed by atoms with van der Waals surface area (Å²) in [6, 6.07) is 5.39. The lowest BCUT2D eigenvalue weighted by Gasteiger charge is -2.29. The molecule has 0 saturated carbocycles. The Hall–Kier alpha value is -1.42. The average Bonchev–Trinajstić information content (AvgIpc) is 2.87. The maximum absolute atomic E-state index is 12.4. The fourth-order valence-corrected chi connectivity index (χ4v) is 4.23. The molecule has 3 heterocycles. The third-order valence-corrected chi connectivity index (χ3v) is 5.48. The minimum atomic E-state index is 0.214. The van der Waals surface area contributed by atoms with Gasteiger partial charge in [0.2, 0.25) is 5.91 Å². The fourth-order valence-electron chi connectivity index (χ4n) is 4.23. The molecule has 0 spiro atoms. The minimum absolute atomic E-state index is 0.214. The molecule has 2 N–H and O–H groups in total. The van der Waals surface area contributed by atoms with E-state index in [0.29, 0.717) is 42.8 Å². The smallest absolute Gasteiger partial charge is 0.220 e. The molecule has 4 heteroatoms. The van der Waals surface area contributed by atoms with Gasteiger partial charge in [-0.05, 0) is 49.1 Å². The second kappa shape index (κ2) is 7.43. The fraction of sp³-hybridized carbons (Fsp3) is 0.684. The highest BCUT2D eigenvalue weighted by Crippen LogP contribution is 2.32. The van der Waals surface area contributed by atoms with E-state index in [0.717, 1.165) is 0 Å². The van der Waals surface area contributed by atoms with E-state index in [1.54, 1.807) is 6.20 Å². The van der Waals surface area contributed by atoms with Crippen molar-refractivity contribution in [3.05, 3.63) is 30.1 Å². The van der Waals surface area contributed by atoms with Crippen LogP contribution >= 0.6 is 0 Å². The first kappa shape index (κ1) is 16.4. The predicted octanol–water partition coefficient (Wildman–Crippen LogP) is 2.86. The first-order valence-electron chi connectivity index (χ1n) is 9.04. The van der Waals surface area contributed by atoms with Crippen LogP contribution in [-0.4, -0.2) is 29.5 Å². The molecule has 126 valence electrons. The molecule has 2 fully saturated rings. The number of aromatic nitrogens is 1. The summed E-state index contributed by atoms with van der Waals surface area (Å²) in [6.07, 6.45) is 9.32. The quantitative estimate of drug-likeness (QED) is 0.849. The summed E-state index contributed by atoms with van der Waals surface area (Å²) >= 11 is 0. The molecule has 2 aliphatic heterocycles. The van der Waals surface area contributed by atoms with Crippen LogP contribution in [-0.2, 0) is 4.79 Å². The maximum atomic E-state index is 12.4. The highest BCUT2D eigenvalue weighted by Gasteiger charge is 2.34. The lowest BCUT2D eigenvalue weighted by molar-refractivity contribution is -0.122. The van der Waals surface area contributed by atoms with Gasteiger partial charge in [0, 0.05) is 43.4 Å². The molecule has 4 nitrogen and oxygen atoms in total. The van der Waals surface area contributed by atoms with Crippen molar-refractivity contribution in [3.8, 4) is 0 Å². The van der Waals surface area contributed by atoms with Crippen LogP contribution in [0, 0.1) is 11.8 Å². The Morgan fingerprint density at radius 1 is 1.35 bits per heavy atom. The van der Waals surface area contributed by atoms with Gasteiger partial charge in [0.05, 0.1) is 0 Å². The Balaban J connectivity index is 1.49. The molecule has 1 aromatic rings. The summed E-state index contributed by atoms with van der Waals surface area (Å²) < 4.78 is 0. The van der Waals surface area contributed by atoms with Gasteiger partial charge >= 0.3 is 0 Å². The highest BCUT2D eigenvalue weighted by atomic mass is 16.1. The normalized spacial score (nSPS) is 27.9. The zero-order valence-corrected chi connectivity index (χ0v) is 14.3. The number of amides is 1. The monoisotopic (exact) mass is 315 g/mol. The summed E-state index contributed by atoms with van der Waals surface area (Å²) in [4.78, 5) is 16.6. The standard InChI is InChI=1S/C19H29N3O/c1-13(2)18(15-4-3-7-20-11-15)12-21-19(23)10-14-8-16-5-6-17(9-14)22-16/h3-4,7,11,13-14,16-18,22H,5-6,8-10,12H2,1-2H3,(H,21,23). The van der Waals surface area contributed by atoms with Crippen LogP contribution in [0.15, 0.2) is 24.5 Å². The lowest BCUT2D eigenvalue weighted by atomic mass is 9.88. The van der Waals surface area contributed by atoms with Crippen molar-refractivity contribution in [1.82, 2.24) is 15.6 Å². The largest absolute Gasteiger partial charge is 0.355 e. The van der Waals surface area contributed by atoms with Crippen molar-refractivity contribution in [2.24, 2.45) is 11.8 Å². The van der Waals surface area contributed by atoms with E-state index in [2.05, 4.69) is 35.5 Å². The van der Waals surface area contributed by atoms with Crippen LogP contribution < -0.4 is 10.6 Å². The van der Waals surface area contributed by atoms with Crippen LogP contribution in [0.4, 0.5) is 0 Å². The van der Waals surface area contributed by atoms with Gasteiger partial charge in [-0.25, -0.2) is 0 Å². The van der Waals surface area contributed by atoms with Crippen LogP contribution in [0.2, 0.25) is 0 Å². The molecule has 0 aliphatic carbocycles. The number of piperidine rings is 1. The van der Waals surface area contributed by atoms with E-state index >= 15 is 0 Å². The lowest BCUT2D eigenvalue weighted by Crippen LogP contribution is -2.40. The number of rotatable bonds is 6. The van der Waals surface area contributed by atoms with Crippen molar-refractivity contribution >= 4 is 5.91 Å². The van der Waals surface area contributed by atoms with Crippen LogP contribution in [0.3, 0.4) is 0 Å². The van der Waals surface area contributed by atoms with Crippen molar-refractivity contribution in [2.75, 3.05) is 6.54 Å². The van der Waals surface area contributed by atoms with Gasteiger partial charge in [0.25, 0.3) is 0 Å². The number of nitrogens with zero attached hydrogens (tertiary/aromatic N) is 1. The Morgan fingerprint density at radius 2 is 2.09 bits per heavy atom. The first-order chi connectivity index (χ1) is 11.1. The molecule has 0 aromatic carbocycles. The molecule has 2 bridgehead atoms. The van der Waals surface area contributed by atoms with E-state index in [1.807, 2.05) is 12.3 Å². The summed E-state index contributed by atoms with van der Waals surface area (Å²) in [6.45, 7) is 5.11. The molecular formula is C19H29N3O. The predicted molar refractivity (Wildman–Crippen MR) is 92.1 cm³/mol. The maximum Gasteiger partial charge on any atom is 0.220 e. The second-order valence-corrected chi connectivity index (χ2v) is 7.62. The second-order valence-electron chi connectivity index (χ2n) is 7.62. The zero-order valence-electron chi connectivity index (χ0n) is 14.3. The van der Waals surface area contributed by atoms with Crippen LogP contribution in [0.5, 0.6) is 0 Å². The summed E-state index contributed by atoms with van der Waals surface area (Å²) in [5.41, 5.74) is 1.21. The van der Waals surface area contributed by atoms with E-state index in [-0.39, 0.29) is 5.91 Å². The molecule has 1 amide bonds. The van der Waals surface area contributed by atoms with E-state index in [9.17, 15) is 4.79 Å².